The predicted molar refractivity (Wildman–Crippen MR) is 138 cm³/mol. The van der Waals surface area contributed by atoms with E-state index >= 15 is 0 Å². The second-order valence-corrected chi connectivity index (χ2v) is 8.36. The maximum absolute atomic E-state index is 13.3. The van der Waals surface area contributed by atoms with Crippen molar-refractivity contribution in [1.82, 2.24) is 14.7 Å². The number of benzene rings is 3. The Morgan fingerprint density at radius 1 is 0.973 bits per heavy atom. The Kier molecular flexibility index (Phi) is 7.14. The molecule has 0 spiro atoms. The molecule has 1 N–H and O–H groups in total. The van der Waals surface area contributed by atoms with Gasteiger partial charge in [-0.15, -0.1) is 0 Å². The van der Waals surface area contributed by atoms with Gasteiger partial charge in [0.25, 0.3) is 5.91 Å². The maximum atomic E-state index is 13.3. The molecule has 0 radical (unpaired) electrons. The van der Waals surface area contributed by atoms with Crippen LogP contribution >= 0.6 is 0 Å². The first-order chi connectivity index (χ1) is 18.1. The van der Waals surface area contributed by atoms with E-state index in [2.05, 4.69) is 5.32 Å². The Morgan fingerprint density at radius 2 is 1.70 bits per heavy atom. The fourth-order valence-corrected chi connectivity index (χ4v) is 4.01. The van der Waals surface area contributed by atoms with E-state index in [9.17, 15) is 9.59 Å². The topological polar surface area (TPSA) is 94.9 Å². The zero-order valence-corrected chi connectivity index (χ0v) is 20.3. The molecule has 9 nitrogen and oxygen atoms in total. The number of aromatic nitrogens is 2. The molecule has 0 saturated carbocycles. The number of carbonyl (C=O) groups excluding carboxylic acids is 2. The minimum atomic E-state index is -0.359. The molecule has 2 amide bonds. The summed E-state index contributed by atoms with van der Waals surface area (Å²) < 4.78 is 17.6. The normalized spacial score (nSPS) is 11.8. The zero-order chi connectivity index (χ0) is 25.6. The number of rotatable bonds is 9. The molecule has 5 rings (SSSR count). The molecular weight excluding hydrogens is 472 g/mol. The summed E-state index contributed by atoms with van der Waals surface area (Å²) in [5, 5.41) is 7.66. The molecule has 1 aliphatic rings. The van der Waals surface area contributed by atoms with Crippen molar-refractivity contribution >= 4 is 17.6 Å². The quantitative estimate of drug-likeness (QED) is 0.375. The van der Waals surface area contributed by atoms with Crippen LogP contribution in [-0.2, 0) is 9.53 Å². The van der Waals surface area contributed by atoms with Crippen LogP contribution in [0.1, 0.15) is 10.4 Å². The van der Waals surface area contributed by atoms with Gasteiger partial charge in [0.1, 0.15) is 12.4 Å². The highest BCUT2D eigenvalue weighted by atomic mass is 16.7. The molecule has 0 bridgehead atoms. The van der Waals surface area contributed by atoms with Crippen LogP contribution in [0.3, 0.4) is 0 Å². The summed E-state index contributed by atoms with van der Waals surface area (Å²) in [6, 6.07) is 26.1. The molecule has 0 aliphatic carbocycles. The largest absolute Gasteiger partial charge is 0.454 e. The Labute approximate surface area is 214 Å². The second-order valence-electron chi connectivity index (χ2n) is 8.36. The molecule has 2 heterocycles. The van der Waals surface area contributed by atoms with Crippen molar-refractivity contribution in [1.29, 1.82) is 0 Å². The lowest BCUT2D eigenvalue weighted by Crippen LogP contribution is -2.40. The summed E-state index contributed by atoms with van der Waals surface area (Å²) in [4.78, 5) is 27.9. The van der Waals surface area contributed by atoms with Crippen LogP contribution in [0.4, 0.5) is 5.82 Å². The molecule has 1 aromatic heterocycles. The number of fused-ring (bicyclic) bond motifs is 1. The third-order valence-corrected chi connectivity index (χ3v) is 5.85. The van der Waals surface area contributed by atoms with E-state index in [0.29, 0.717) is 28.6 Å². The van der Waals surface area contributed by atoms with E-state index in [1.54, 1.807) is 30.0 Å². The molecule has 0 saturated heterocycles. The highest BCUT2D eigenvalue weighted by molar-refractivity contribution is 5.99. The number of carbonyl (C=O) groups is 2. The van der Waals surface area contributed by atoms with Gasteiger partial charge in [0.05, 0.1) is 18.0 Å². The van der Waals surface area contributed by atoms with Crippen LogP contribution in [-0.4, -0.2) is 60.1 Å². The number of anilines is 1. The number of amides is 2. The number of hydrogen-bond donors (Lipinski definition) is 1. The van der Waals surface area contributed by atoms with Gasteiger partial charge in [-0.2, -0.15) is 5.10 Å². The smallest absolute Gasteiger partial charge is 0.254 e. The van der Waals surface area contributed by atoms with E-state index in [4.69, 9.17) is 19.3 Å². The van der Waals surface area contributed by atoms with Crippen LogP contribution in [0, 0.1) is 0 Å². The van der Waals surface area contributed by atoms with E-state index in [0.717, 1.165) is 11.3 Å². The summed E-state index contributed by atoms with van der Waals surface area (Å²) in [7, 11) is 1.55. The summed E-state index contributed by atoms with van der Waals surface area (Å²) in [5.74, 6) is 0.912. The first-order valence-corrected chi connectivity index (χ1v) is 11.8. The molecule has 37 heavy (non-hydrogen) atoms. The van der Waals surface area contributed by atoms with Crippen molar-refractivity contribution in [3.05, 3.63) is 90.5 Å². The standard InChI is InChI=1S/C28H26N4O5/c1-35-15-14-31(28(34)21-12-13-24-25(16-21)37-19-36-24)18-27(33)29-26-17-23(20-8-4-2-5-9-20)30-32(26)22-10-6-3-7-11-22/h2-13,16-17H,14-15,18-19H2,1H3,(H,29,33). The fourth-order valence-electron chi connectivity index (χ4n) is 4.01. The lowest BCUT2D eigenvalue weighted by Gasteiger charge is -2.22. The van der Waals surface area contributed by atoms with Gasteiger partial charge in [0.15, 0.2) is 11.5 Å². The number of methoxy groups -OCH3 is 1. The van der Waals surface area contributed by atoms with Crippen molar-refractivity contribution in [2.75, 3.05) is 38.9 Å². The van der Waals surface area contributed by atoms with Crippen molar-refractivity contribution in [2.45, 2.75) is 0 Å². The van der Waals surface area contributed by atoms with Gasteiger partial charge in [-0.25, -0.2) is 4.68 Å². The Bertz CT molecular complexity index is 1390. The highest BCUT2D eigenvalue weighted by Gasteiger charge is 2.23. The number of nitrogens with one attached hydrogen (secondary N) is 1. The monoisotopic (exact) mass is 498 g/mol. The number of hydrogen-bond acceptors (Lipinski definition) is 6. The van der Waals surface area contributed by atoms with Gasteiger partial charge in [0, 0.05) is 30.8 Å². The van der Waals surface area contributed by atoms with Crippen molar-refractivity contribution < 1.29 is 23.8 Å². The van der Waals surface area contributed by atoms with Gasteiger partial charge in [0.2, 0.25) is 12.7 Å². The highest BCUT2D eigenvalue weighted by Crippen LogP contribution is 2.33. The van der Waals surface area contributed by atoms with Crippen LogP contribution in [0.5, 0.6) is 11.5 Å². The summed E-state index contributed by atoms with van der Waals surface area (Å²) >= 11 is 0. The third kappa shape index (κ3) is 5.46. The molecule has 1 aliphatic heterocycles. The average molecular weight is 499 g/mol. The van der Waals surface area contributed by atoms with Crippen LogP contribution in [0.2, 0.25) is 0 Å². The van der Waals surface area contributed by atoms with Gasteiger partial charge in [-0.1, -0.05) is 48.5 Å². The first-order valence-electron chi connectivity index (χ1n) is 11.8. The van der Waals surface area contributed by atoms with Crippen LogP contribution in [0.15, 0.2) is 84.9 Å². The summed E-state index contributed by atoms with van der Waals surface area (Å²) in [6.45, 7) is 0.466. The SMILES string of the molecule is COCCN(CC(=O)Nc1cc(-c2ccccc2)nn1-c1ccccc1)C(=O)c1ccc2c(c1)OCO2. The second kappa shape index (κ2) is 11.0. The lowest BCUT2D eigenvalue weighted by molar-refractivity contribution is -0.117. The van der Waals surface area contributed by atoms with Gasteiger partial charge in [-0.3, -0.25) is 9.59 Å². The number of ether oxygens (including phenoxy) is 3. The Balaban J connectivity index is 1.38. The molecule has 0 fully saturated rings. The number of para-hydroxylation sites is 1. The maximum Gasteiger partial charge on any atom is 0.254 e. The van der Waals surface area contributed by atoms with Crippen LogP contribution < -0.4 is 14.8 Å². The van der Waals surface area contributed by atoms with Crippen molar-refractivity contribution in [3.8, 4) is 28.4 Å². The van der Waals surface area contributed by atoms with E-state index in [1.165, 1.54) is 4.90 Å². The van der Waals surface area contributed by atoms with Gasteiger partial charge >= 0.3 is 0 Å². The summed E-state index contributed by atoms with van der Waals surface area (Å²) in [6.07, 6.45) is 0. The molecular formula is C28H26N4O5. The molecule has 0 unspecified atom stereocenters. The first kappa shape index (κ1) is 24.1. The van der Waals surface area contributed by atoms with E-state index in [1.807, 2.05) is 66.7 Å². The summed E-state index contributed by atoms with van der Waals surface area (Å²) in [5.41, 5.74) is 2.83. The fraction of sp³-hybridized carbons (Fsp3) is 0.179. The van der Waals surface area contributed by atoms with Crippen LogP contribution in [0.25, 0.3) is 16.9 Å². The van der Waals surface area contributed by atoms with E-state index < -0.39 is 0 Å². The average Bonchev–Trinajstić information content (AvgIpc) is 3.58. The molecule has 188 valence electrons. The third-order valence-electron chi connectivity index (χ3n) is 5.85. The zero-order valence-electron chi connectivity index (χ0n) is 20.3. The van der Waals surface area contributed by atoms with Gasteiger partial charge in [-0.05, 0) is 30.3 Å². The van der Waals surface area contributed by atoms with Crippen molar-refractivity contribution in [2.24, 2.45) is 0 Å². The minimum absolute atomic E-state index is 0.114. The molecule has 9 heteroatoms. The van der Waals surface area contributed by atoms with E-state index in [-0.39, 0.29) is 38.3 Å². The van der Waals surface area contributed by atoms with Crippen molar-refractivity contribution in [3.63, 3.8) is 0 Å². The molecule has 3 aromatic carbocycles. The van der Waals surface area contributed by atoms with Gasteiger partial charge < -0.3 is 24.4 Å². The molecule has 0 atom stereocenters. The molecule has 4 aromatic rings. The lowest BCUT2D eigenvalue weighted by atomic mass is 10.1. The number of nitrogens with zero attached hydrogens (tertiary/aromatic N) is 3. The predicted octanol–water partition coefficient (Wildman–Crippen LogP) is 4.00. The Hall–Kier alpha value is -4.63. The minimum Gasteiger partial charge on any atom is -0.454 e. The Morgan fingerprint density at radius 3 is 2.46 bits per heavy atom.